The van der Waals surface area contributed by atoms with Gasteiger partial charge in [0.05, 0.1) is 16.6 Å². The van der Waals surface area contributed by atoms with Crippen molar-refractivity contribution in [1.82, 2.24) is 24.3 Å². The summed E-state index contributed by atoms with van der Waals surface area (Å²) >= 11 is 8.81. The standard InChI is InChI=1S/C24H21ClFN5O3S2/c1-24(2,3)23(34)31-22(35-12-14-4-5-20(25)36-14)9-18(29-31)15-8-21(33)30(10-16(15)26)11-19(32)17-6-7-27-13-28-17/h4-10,13H,11-12H2,1-3H3. The van der Waals surface area contributed by atoms with Crippen LogP contribution < -0.4 is 5.56 Å². The van der Waals surface area contributed by atoms with E-state index in [2.05, 4.69) is 15.1 Å². The highest BCUT2D eigenvalue weighted by atomic mass is 35.5. The predicted octanol–water partition coefficient (Wildman–Crippen LogP) is 5.22. The fourth-order valence-electron chi connectivity index (χ4n) is 3.19. The number of ketones is 1. The molecule has 0 saturated carbocycles. The first-order valence-corrected chi connectivity index (χ1v) is 12.9. The van der Waals surface area contributed by atoms with Crippen LogP contribution in [0.25, 0.3) is 11.3 Å². The number of hydrogen-bond donors (Lipinski definition) is 0. The molecular formula is C24H21ClFN5O3S2. The largest absolute Gasteiger partial charge is 0.305 e. The molecular weight excluding hydrogens is 525 g/mol. The Balaban J connectivity index is 1.66. The van der Waals surface area contributed by atoms with Gasteiger partial charge in [0.2, 0.25) is 5.78 Å². The fourth-order valence-corrected chi connectivity index (χ4v) is 5.32. The van der Waals surface area contributed by atoms with Gasteiger partial charge >= 0.3 is 0 Å². The molecule has 8 nitrogen and oxygen atoms in total. The minimum atomic E-state index is -0.750. The maximum atomic E-state index is 15.1. The molecule has 4 rings (SSSR count). The average molecular weight is 546 g/mol. The van der Waals surface area contributed by atoms with Crippen LogP contribution in [0.4, 0.5) is 4.39 Å². The number of hydrogen-bond acceptors (Lipinski definition) is 8. The van der Waals surface area contributed by atoms with Crippen molar-refractivity contribution in [2.24, 2.45) is 5.41 Å². The maximum absolute atomic E-state index is 15.1. The van der Waals surface area contributed by atoms with Crippen molar-refractivity contribution >= 4 is 46.4 Å². The normalized spacial score (nSPS) is 11.6. The summed E-state index contributed by atoms with van der Waals surface area (Å²) in [5, 5.41) is 4.87. The highest BCUT2D eigenvalue weighted by Crippen LogP contribution is 2.33. The van der Waals surface area contributed by atoms with E-state index in [1.165, 1.54) is 46.4 Å². The molecule has 0 aliphatic carbocycles. The lowest BCUT2D eigenvalue weighted by Gasteiger charge is -2.17. The van der Waals surface area contributed by atoms with Crippen molar-refractivity contribution < 1.29 is 14.0 Å². The number of halogens is 2. The van der Waals surface area contributed by atoms with E-state index in [1.54, 1.807) is 32.9 Å². The Morgan fingerprint density at radius 2 is 1.97 bits per heavy atom. The summed E-state index contributed by atoms with van der Waals surface area (Å²) in [6, 6.07) is 7.77. The monoisotopic (exact) mass is 545 g/mol. The van der Waals surface area contributed by atoms with E-state index in [0.717, 1.165) is 21.7 Å². The number of nitrogens with zero attached hydrogens (tertiary/aromatic N) is 5. The molecule has 0 fully saturated rings. The molecule has 12 heteroatoms. The Bertz CT molecular complexity index is 1490. The minimum Gasteiger partial charge on any atom is -0.305 e. The van der Waals surface area contributed by atoms with E-state index in [0.29, 0.717) is 15.1 Å². The van der Waals surface area contributed by atoms with Gasteiger partial charge in [-0.3, -0.25) is 14.4 Å². The van der Waals surface area contributed by atoms with E-state index in [-0.39, 0.29) is 29.4 Å². The molecule has 0 spiro atoms. The molecule has 0 aliphatic heterocycles. The summed E-state index contributed by atoms with van der Waals surface area (Å²) < 4.78 is 18.0. The summed E-state index contributed by atoms with van der Waals surface area (Å²) in [6.07, 6.45) is 3.59. The smallest absolute Gasteiger partial charge is 0.253 e. The highest BCUT2D eigenvalue weighted by molar-refractivity contribution is 7.98. The van der Waals surface area contributed by atoms with E-state index in [9.17, 15) is 14.4 Å². The summed E-state index contributed by atoms with van der Waals surface area (Å²) in [5.74, 6) is -0.946. The van der Waals surface area contributed by atoms with Crippen LogP contribution in [0, 0.1) is 11.2 Å². The molecule has 0 amide bonds. The van der Waals surface area contributed by atoms with Crippen molar-refractivity contribution in [3.05, 3.63) is 80.1 Å². The van der Waals surface area contributed by atoms with Gasteiger partial charge in [-0.05, 0) is 24.3 Å². The third kappa shape index (κ3) is 5.80. The molecule has 0 saturated heterocycles. The number of carbonyl (C=O) groups is 2. The predicted molar refractivity (Wildman–Crippen MR) is 137 cm³/mol. The van der Waals surface area contributed by atoms with Crippen LogP contribution in [0.3, 0.4) is 0 Å². The van der Waals surface area contributed by atoms with E-state index >= 15 is 4.39 Å². The van der Waals surface area contributed by atoms with E-state index in [1.807, 2.05) is 6.07 Å². The second-order valence-electron chi connectivity index (χ2n) is 8.85. The van der Waals surface area contributed by atoms with Gasteiger partial charge in [-0.25, -0.2) is 14.4 Å². The Morgan fingerprint density at radius 3 is 2.61 bits per heavy atom. The van der Waals surface area contributed by atoms with E-state index < -0.39 is 22.6 Å². The Hall–Kier alpha value is -3.15. The van der Waals surface area contributed by atoms with Gasteiger partial charge in [-0.1, -0.05) is 32.4 Å². The van der Waals surface area contributed by atoms with Crippen molar-refractivity contribution in [1.29, 1.82) is 0 Å². The molecule has 186 valence electrons. The Labute approximate surface area is 219 Å². The molecule has 0 atom stereocenters. The first kappa shape index (κ1) is 25.9. The summed E-state index contributed by atoms with van der Waals surface area (Å²) in [7, 11) is 0. The fraction of sp³-hybridized carbons (Fsp3) is 0.250. The number of carbonyl (C=O) groups excluding carboxylic acids is 2. The molecule has 0 bridgehead atoms. The maximum Gasteiger partial charge on any atom is 0.253 e. The van der Waals surface area contributed by atoms with Crippen LogP contribution >= 0.6 is 34.7 Å². The topological polar surface area (TPSA) is 99.7 Å². The lowest BCUT2D eigenvalue weighted by atomic mass is 9.96. The molecule has 4 aromatic rings. The molecule has 0 radical (unpaired) electrons. The van der Waals surface area contributed by atoms with Crippen LogP contribution in [0.2, 0.25) is 4.34 Å². The summed E-state index contributed by atoms with van der Waals surface area (Å²) in [4.78, 5) is 46.8. The van der Waals surface area contributed by atoms with Crippen LogP contribution in [-0.2, 0) is 12.3 Å². The molecule has 0 aromatic carbocycles. The van der Waals surface area contributed by atoms with Gasteiger partial charge in [0.1, 0.15) is 22.9 Å². The SMILES string of the molecule is CC(C)(C)C(=O)n1nc(-c2cc(=O)n(CC(=O)c3ccncn3)cc2F)cc1SCc1ccc(Cl)s1. The third-order valence-corrected chi connectivity index (χ3v) is 7.49. The number of thioether (sulfide) groups is 1. The number of Topliss-reactive ketones (excluding diaryl/α,β-unsaturated/α-hetero) is 1. The van der Waals surface area contributed by atoms with Crippen LogP contribution in [0.15, 0.2) is 58.9 Å². The molecule has 0 aliphatic rings. The first-order chi connectivity index (χ1) is 17.0. The highest BCUT2D eigenvalue weighted by Gasteiger charge is 2.28. The zero-order chi connectivity index (χ0) is 26.0. The first-order valence-electron chi connectivity index (χ1n) is 10.7. The molecule has 0 N–H and O–H groups in total. The van der Waals surface area contributed by atoms with Crippen LogP contribution in [-0.4, -0.2) is 36.0 Å². The lowest BCUT2D eigenvalue weighted by Crippen LogP contribution is -2.28. The zero-order valence-corrected chi connectivity index (χ0v) is 22.0. The van der Waals surface area contributed by atoms with Gasteiger partial charge in [0, 0.05) is 40.1 Å². The summed E-state index contributed by atoms with van der Waals surface area (Å²) in [5.41, 5.74) is -1.13. The molecule has 0 unspecified atom stereocenters. The lowest BCUT2D eigenvalue weighted by molar-refractivity contribution is 0.0736. The van der Waals surface area contributed by atoms with Crippen molar-refractivity contribution in [2.75, 3.05) is 0 Å². The van der Waals surface area contributed by atoms with Gasteiger partial charge < -0.3 is 4.57 Å². The second kappa shape index (κ2) is 10.5. The zero-order valence-electron chi connectivity index (χ0n) is 19.6. The van der Waals surface area contributed by atoms with Gasteiger partial charge in [0.25, 0.3) is 11.5 Å². The van der Waals surface area contributed by atoms with Crippen LogP contribution in [0.5, 0.6) is 0 Å². The quantitative estimate of drug-likeness (QED) is 0.232. The van der Waals surface area contributed by atoms with Crippen molar-refractivity contribution in [3.8, 4) is 11.3 Å². The van der Waals surface area contributed by atoms with Crippen molar-refractivity contribution in [2.45, 2.75) is 38.1 Å². The number of aromatic nitrogens is 5. The molecule has 4 heterocycles. The average Bonchev–Trinajstić information content (AvgIpc) is 3.45. The van der Waals surface area contributed by atoms with E-state index in [4.69, 9.17) is 11.6 Å². The van der Waals surface area contributed by atoms with Gasteiger partial charge in [0.15, 0.2) is 0 Å². The van der Waals surface area contributed by atoms with Crippen LogP contribution in [0.1, 0.15) is 40.9 Å². The Kier molecular flexibility index (Phi) is 7.53. The molecule has 4 aromatic heterocycles. The Morgan fingerprint density at radius 1 is 1.19 bits per heavy atom. The number of thiophene rings is 1. The number of pyridine rings is 1. The minimum absolute atomic E-state index is 0.0628. The van der Waals surface area contributed by atoms with Crippen molar-refractivity contribution in [3.63, 3.8) is 0 Å². The molecule has 36 heavy (non-hydrogen) atoms. The van der Waals surface area contributed by atoms with Gasteiger partial charge in [-0.2, -0.15) is 9.78 Å². The van der Waals surface area contributed by atoms with Gasteiger partial charge in [-0.15, -0.1) is 23.1 Å². The number of rotatable bonds is 7. The third-order valence-electron chi connectivity index (χ3n) is 5.04. The second-order valence-corrected chi connectivity index (χ2v) is 11.6. The summed E-state index contributed by atoms with van der Waals surface area (Å²) in [6.45, 7) is 4.91.